The van der Waals surface area contributed by atoms with Crippen molar-refractivity contribution in [3.8, 4) is 0 Å². The minimum absolute atomic E-state index is 0.107. The molecule has 0 atom stereocenters. The van der Waals surface area contributed by atoms with Crippen LogP contribution in [-0.4, -0.2) is 35.2 Å². The van der Waals surface area contributed by atoms with Crippen LogP contribution >= 0.6 is 0 Å². The SMILES string of the molecule is CCOC(=O)C(C)(C)O[C@H]1CC[C@H](N(Cc2ccccc2)Cc2ccccc2)CC1. The number of carbonyl (C=O) groups is 1. The van der Waals surface area contributed by atoms with Gasteiger partial charge in [0.2, 0.25) is 0 Å². The molecular formula is C26H35NO3. The van der Waals surface area contributed by atoms with E-state index in [9.17, 15) is 4.79 Å². The van der Waals surface area contributed by atoms with Crippen LogP contribution in [0.2, 0.25) is 0 Å². The zero-order valence-electron chi connectivity index (χ0n) is 18.5. The van der Waals surface area contributed by atoms with E-state index >= 15 is 0 Å². The van der Waals surface area contributed by atoms with Gasteiger partial charge in [-0.15, -0.1) is 0 Å². The molecular weight excluding hydrogens is 374 g/mol. The van der Waals surface area contributed by atoms with Gasteiger partial charge in [-0.2, -0.15) is 0 Å². The van der Waals surface area contributed by atoms with E-state index in [-0.39, 0.29) is 12.1 Å². The summed E-state index contributed by atoms with van der Waals surface area (Å²) in [6.45, 7) is 7.72. The maximum Gasteiger partial charge on any atom is 0.337 e. The summed E-state index contributed by atoms with van der Waals surface area (Å²) in [7, 11) is 0. The van der Waals surface area contributed by atoms with Gasteiger partial charge in [-0.05, 0) is 57.6 Å². The predicted molar refractivity (Wildman–Crippen MR) is 120 cm³/mol. The van der Waals surface area contributed by atoms with Crippen LogP contribution in [0.25, 0.3) is 0 Å². The molecule has 0 bridgehead atoms. The van der Waals surface area contributed by atoms with Gasteiger partial charge in [0.15, 0.2) is 5.60 Å². The van der Waals surface area contributed by atoms with Gasteiger partial charge in [0.25, 0.3) is 0 Å². The molecule has 0 aromatic heterocycles. The molecule has 0 heterocycles. The highest BCUT2D eigenvalue weighted by molar-refractivity contribution is 5.78. The van der Waals surface area contributed by atoms with Gasteiger partial charge in [-0.25, -0.2) is 4.79 Å². The number of hydrogen-bond donors (Lipinski definition) is 0. The summed E-state index contributed by atoms with van der Waals surface area (Å²) in [5.74, 6) is -0.276. The lowest BCUT2D eigenvalue weighted by molar-refractivity contribution is -0.176. The average Bonchev–Trinajstić information content (AvgIpc) is 2.75. The van der Waals surface area contributed by atoms with Gasteiger partial charge < -0.3 is 9.47 Å². The number of carbonyl (C=O) groups excluding carboxylic acids is 1. The molecule has 0 amide bonds. The van der Waals surface area contributed by atoms with Crippen molar-refractivity contribution in [1.82, 2.24) is 4.90 Å². The fourth-order valence-corrected chi connectivity index (χ4v) is 4.25. The van der Waals surface area contributed by atoms with Crippen molar-refractivity contribution < 1.29 is 14.3 Å². The molecule has 0 spiro atoms. The second-order valence-electron chi connectivity index (χ2n) is 8.66. The minimum Gasteiger partial charge on any atom is -0.464 e. The van der Waals surface area contributed by atoms with Crippen LogP contribution in [0, 0.1) is 0 Å². The molecule has 3 rings (SSSR count). The third-order valence-electron chi connectivity index (χ3n) is 5.85. The molecule has 162 valence electrons. The Bertz CT molecular complexity index is 726. The Morgan fingerprint density at radius 2 is 1.40 bits per heavy atom. The normalized spacial score (nSPS) is 19.6. The van der Waals surface area contributed by atoms with Gasteiger partial charge in [0, 0.05) is 19.1 Å². The average molecular weight is 410 g/mol. The molecule has 4 nitrogen and oxygen atoms in total. The van der Waals surface area contributed by atoms with E-state index in [4.69, 9.17) is 9.47 Å². The lowest BCUT2D eigenvalue weighted by Crippen LogP contribution is -2.44. The zero-order valence-corrected chi connectivity index (χ0v) is 18.5. The highest BCUT2D eigenvalue weighted by atomic mass is 16.6. The van der Waals surface area contributed by atoms with Gasteiger partial charge >= 0.3 is 5.97 Å². The van der Waals surface area contributed by atoms with E-state index in [1.807, 2.05) is 20.8 Å². The van der Waals surface area contributed by atoms with Crippen molar-refractivity contribution in [3.05, 3.63) is 71.8 Å². The fraction of sp³-hybridized carbons (Fsp3) is 0.500. The van der Waals surface area contributed by atoms with E-state index in [1.54, 1.807) is 0 Å². The third kappa shape index (κ3) is 6.41. The van der Waals surface area contributed by atoms with Crippen LogP contribution in [0.4, 0.5) is 0 Å². The Labute approximate surface area is 181 Å². The smallest absolute Gasteiger partial charge is 0.337 e. The molecule has 30 heavy (non-hydrogen) atoms. The van der Waals surface area contributed by atoms with Crippen LogP contribution in [0.15, 0.2) is 60.7 Å². The second kappa shape index (κ2) is 10.7. The van der Waals surface area contributed by atoms with Crippen LogP contribution in [0.1, 0.15) is 57.6 Å². The molecule has 0 N–H and O–H groups in total. The van der Waals surface area contributed by atoms with Gasteiger partial charge in [-0.1, -0.05) is 60.7 Å². The Morgan fingerprint density at radius 1 is 0.900 bits per heavy atom. The van der Waals surface area contributed by atoms with Crippen molar-refractivity contribution >= 4 is 5.97 Å². The lowest BCUT2D eigenvalue weighted by Gasteiger charge is -2.39. The predicted octanol–water partition coefficient (Wildman–Crippen LogP) is 5.36. The highest BCUT2D eigenvalue weighted by Gasteiger charge is 2.35. The van der Waals surface area contributed by atoms with Crippen molar-refractivity contribution in [1.29, 1.82) is 0 Å². The topological polar surface area (TPSA) is 38.8 Å². The van der Waals surface area contributed by atoms with Gasteiger partial charge in [0.1, 0.15) is 0 Å². The standard InChI is InChI=1S/C26H35NO3/c1-4-29-25(28)26(2,3)30-24-17-15-23(16-18-24)27(19-21-11-7-5-8-12-21)20-22-13-9-6-10-14-22/h5-14,23-24H,4,15-20H2,1-3H3/t23-,24-. The maximum absolute atomic E-state index is 12.2. The van der Waals surface area contributed by atoms with E-state index in [0.717, 1.165) is 38.8 Å². The summed E-state index contributed by atoms with van der Waals surface area (Å²) >= 11 is 0. The second-order valence-corrected chi connectivity index (χ2v) is 8.66. The summed E-state index contributed by atoms with van der Waals surface area (Å²) in [6.07, 6.45) is 4.18. The van der Waals surface area contributed by atoms with Crippen molar-refractivity contribution in [2.24, 2.45) is 0 Å². The number of benzene rings is 2. The molecule has 0 radical (unpaired) electrons. The van der Waals surface area contributed by atoms with Gasteiger partial charge in [0.05, 0.1) is 12.7 Å². The molecule has 4 heteroatoms. The Morgan fingerprint density at radius 3 is 1.87 bits per heavy atom. The molecule has 0 saturated heterocycles. The van der Waals surface area contributed by atoms with Crippen molar-refractivity contribution in [3.63, 3.8) is 0 Å². The Kier molecular flexibility index (Phi) is 8.06. The van der Waals surface area contributed by atoms with E-state index in [1.165, 1.54) is 11.1 Å². The van der Waals surface area contributed by atoms with Gasteiger partial charge in [-0.3, -0.25) is 4.90 Å². The van der Waals surface area contributed by atoms with Crippen LogP contribution in [-0.2, 0) is 27.4 Å². The molecule has 0 unspecified atom stereocenters. The molecule has 1 saturated carbocycles. The summed E-state index contributed by atoms with van der Waals surface area (Å²) in [4.78, 5) is 14.8. The largest absolute Gasteiger partial charge is 0.464 e. The number of ether oxygens (including phenoxy) is 2. The van der Waals surface area contributed by atoms with Crippen LogP contribution in [0.3, 0.4) is 0 Å². The maximum atomic E-state index is 12.2. The van der Waals surface area contributed by atoms with Crippen LogP contribution < -0.4 is 0 Å². The van der Waals surface area contributed by atoms with E-state index in [2.05, 4.69) is 65.6 Å². The fourth-order valence-electron chi connectivity index (χ4n) is 4.25. The molecule has 1 aliphatic rings. The molecule has 2 aromatic rings. The first-order chi connectivity index (χ1) is 14.5. The monoisotopic (exact) mass is 409 g/mol. The number of rotatable bonds is 9. The number of esters is 1. The zero-order chi connectivity index (χ0) is 21.4. The van der Waals surface area contributed by atoms with Crippen molar-refractivity contribution in [2.75, 3.05) is 6.61 Å². The first kappa shape index (κ1) is 22.5. The third-order valence-corrected chi connectivity index (χ3v) is 5.85. The first-order valence-corrected chi connectivity index (χ1v) is 11.1. The summed E-state index contributed by atoms with van der Waals surface area (Å²) in [5, 5.41) is 0. The lowest BCUT2D eigenvalue weighted by atomic mass is 9.90. The number of hydrogen-bond acceptors (Lipinski definition) is 4. The Balaban J connectivity index is 1.62. The quantitative estimate of drug-likeness (QED) is 0.523. The highest BCUT2D eigenvalue weighted by Crippen LogP contribution is 2.30. The first-order valence-electron chi connectivity index (χ1n) is 11.1. The minimum atomic E-state index is -0.888. The van der Waals surface area contributed by atoms with Crippen molar-refractivity contribution in [2.45, 2.75) is 77.3 Å². The summed E-state index contributed by atoms with van der Waals surface area (Å²) < 4.78 is 11.3. The Hall–Kier alpha value is -2.17. The molecule has 0 aliphatic heterocycles. The summed E-state index contributed by atoms with van der Waals surface area (Å²) in [5.41, 5.74) is 1.80. The number of nitrogens with zero attached hydrogens (tertiary/aromatic N) is 1. The summed E-state index contributed by atoms with van der Waals surface area (Å²) in [6, 6.07) is 21.9. The van der Waals surface area contributed by atoms with E-state index in [0.29, 0.717) is 12.6 Å². The van der Waals surface area contributed by atoms with Crippen LogP contribution in [0.5, 0.6) is 0 Å². The van der Waals surface area contributed by atoms with E-state index < -0.39 is 5.60 Å². The molecule has 2 aromatic carbocycles. The molecule has 1 aliphatic carbocycles. The molecule has 1 fully saturated rings.